The number of amides is 1. The van der Waals surface area contributed by atoms with Crippen LogP contribution in [0.3, 0.4) is 0 Å². The van der Waals surface area contributed by atoms with Gasteiger partial charge in [-0.25, -0.2) is 9.97 Å². The summed E-state index contributed by atoms with van der Waals surface area (Å²) in [6.07, 6.45) is -12.0. The fourth-order valence-corrected chi connectivity index (χ4v) is 3.54. The minimum Gasteiger partial charge on any atom is -0.542 e. The number of hydrogen-bond donors (Lipinski definition) is 2. The van der Waals surface area contributed by atoms with Gasteiger partial charge in [0, 0.05) is 12.1 Å². The highest BCUT2D eigenvalue weighted by Gasteiger charge is 2.46. The number of nitrogens with zero attached hydrogens (tertiary/aromatic N) is 1. The van der Waals surface area contributed by atoms with Gasteiger partial charge in [-0.3, -0.25) is 4.79 Å². The predicted molar refractivity (Wildman–Crippen MR) is 131 cm³/mol. The fourth-order valence-electron chi connectivity index (χ4n) is 3.24. The van der Waals surface area contributed by atoms with Crippen LogP contribution in [0.15, 0.2) is 67.0 Å². The second-order valence-electron chi connectivity index (χ2n) is 8.27. The van der Waals surface area contributed by atoms with Gasteiger partial charge < -0.3 is 25.1 Å². The summed E-state index contributed by atoms with van der Waals surface area (Å²) in [5.74, 6) is -6.45. The molecule has 1 aromatic carbocycles. The standard InChI is InChI=1S/C21H13Cl2F3N4O.2C2HF3O2/c22-13-8-7-12(11-14(13)23)19-28-17(16-6-2-4-10-30(16)19)20(31)29-18(21(24,25)26)15-5-1-3-9-27-15;2*3-2(4,5)1(6)7/h1-11,18H,(H,29,31);2*(H,6,7). The van der Waals surface area contributed by atoms with Crippen LogP contribution in [-0.2, 0) is 9.59 Å². The number of imidazole rings is 1. The van der Waals surface area contributed by atoms with Crippen molar-refractivity contribution in [1.29, 1.82) is 0 Å². The lowest BCUT2D eigenvalue weighted by molar-refractivity contribution is -0.498. The third-order valence-corrected chi connectivity index (χ3v) is 5.87. The molecule has 1 atom stereocenters. The molecule has 0 fully saturated rings. The molecule has 0 aliphatic carbocycles. The van der Waals surface area contributed by atoms with E-state index in [9.17, 15) is 44.3 Å². The van der Waals surface area contributed by atoms with E-state index in [1.54, 1.807) is 53.1 Å². The lowest BCUT2D eigenvalue weighted by atomic mass is 10.1. The number of aliphatic carboxylic acids is 2. The minimum atomic E-state index is -5.19. The number of rotatable bonds is 4. The molecule has 4 aromatic rings. The van der Waals surface area contributed by atoms with Gasteiger partial charge in [-0.05, 0) is 30.3 Å². The smallest absolute Gasteiger partial charge is 0.430 e. The number of aromatic nitrogens is 3. The zero-order chi connectivity index (χ0) is 34.3. The van der Waals surface area contributed by atoms with Crippen molar-refractivity contribution in [3.05, 3.63) is 88.4 Å². The summed E-state index contributed by atoms with van der Waals surface area (Å²) in [4.78, 5) is 36.0. The lowest BCUT2D eigenvalue weighted by Gasteiger charge is -2.17. The van der Waals surface area contributed by atoms with Gasteiger partial charge in [-0.1, -0.05) is 35.3 Å². The summed E-state index contributed by atoms with van der Waals surface area (Å²) in [5.41, 5.74) is 0.806. The molecule has 0 saturated heterocycles. The van der Waals surface area contributed by atoms with Gasteiger partial charge in [0.2, 0.25) is 17.4 Å². The van der Waals surface area contributed by atoms with Crippen LogP contribution in [0.4, 0.5) is 39.5 Å². The molecule has 0 bridgehead atoms. The number of benzene rings is 1. The molecule has 3 heterocycles. The Morgan fingerprint density at radius 3 is 1.84 bits per heavy atom. The van der Waals surface area contributed by atoms with E-state index >= 15 is 0 Å². The molecular formula is C25H15Cl2F9N4O5. The van der Waals surface area contributed by atoms with Crippen LogP contribution in [-0.4, -0.2) is 41.4 Å². The first kappa shape index (κ1) is 36.6. The normalized spacial score (nSPS) is 12.2. The maximum atomic E-state index is 13.7. The zero-order valence-corrected chi connectivity index (χ0v) is 23.1. The molecule has 0 radical (unpaired) electrons. The van der Waals surface area contributed by atoms with E-state index in [-0.39, 0.29) is 11.4 Å². The van der Waals surface area contributed by atoms with Crippen molar-refractivity contribution in [2.75, 3.05) is 0 Å². The molecule has 0 aliphatic heterocycles. The largest absolute Gasteiger partial charge is 0.542 e. The Bertz CT molecular complexity index is 1640. The van der Waals surface area contributed by atoms with Crippen LogP contribution >= 0.6 is 23.2 Å². The summed E-state index contributed by atoms with van der Waals surface area (Å²) in [5, 5.41) is 20.3. The summed E-state index contributed by atoms with van der Waals surface area (Å²) in [6, 6.07) is 12.0. The third-order valence-electron chi connectivity index (χ3n) is 5.13. The highest BCUT2D eigenvalue weighted by molar-refractivity contribution is 6.42. The van der Waals surface area contributed by atoms with Crippen LogP contribution in [0.1, 0.15) is 22.2 Å². The summed E-state index contributed by atoms with van der Waals surface area (Å²) >= 11 is 12.1. The van der Waals surface area contributed by atoms with Crippen LogP contribution < -0.4 is 24.9 Å². The van der Waals surface area contributed by atoms with Gasteiger partial charge in [-0.15, -0.1) is 0 Å². The van der Waals surface area contributed by atoms with E-state index < -0.39 is 42.4 Å². The Kier molecular flexibility index (Phi) is 11.8. The average Bonchev–Trinajstić information content (AvgIpc) is 3.32. The van der Waals surface area contributed by atoms with Crippen molar-refractivity contribution >= 4 is 46.6 Å². The molecule has 1 unspecified atom stereocenters. The fraction of sp³-hybridized carbons (Fsp3) is 0.160. The zero-order valence-electron chi connectivity index (χ0n) is 21.6. The maximum absolute atomic E-state index is 13.7. The Hall–Kier alpha value is -4.58. The average molecular weight is 693 g/mol. The van der Waals surface area contributed by atoms with Gasteiger partial charge in [0.25, 0.3) is 11.7 Å². The molecule has 3 N–H and O–H groups in total. The first-order valence-corrected chi connectivity index (χ1v) is 12.3. The van der Waals surface area contributed by atoms with E-state index in [0.29, 0.717) is 26.9 Å². The van der Waals surface area contributed by atoms with Crippen LogP contribution in [0.25, 0.3) is 16.9 Å². The number of carbonyl (C=O) groups excluding carboxylic acids is 3. The minimum absolute atomic E-state index is 0.0214. The first-order chi connectivity index (χ1) is 20.6. The van der Waals surface area contributed by atoms with Crippen molar-refractivity contribution in [1.82, 2.24) is 10.3 Å². The Morgan fingerprint density at radius 2 is 1.38 bits per heavy atom. The van der Waals surface area contributed by atoms with Crippen molar-refractivity contribution in [2.45, 2.75) is 24.6 Å². The second-order valence-corrected chi connectivity index (χ2v) is 9.08. The molecule has 9 nitrogen and oxygen atoms in total. The molecule has 0 spiro atoms. The summed E-state index contributed by atoms with van der Waals surface area (Å²) in [7, 11) is 0. The molecule has 45 heavy (non-hydrogen) atoms. The number of fused-ring (bicyclic) bond motifs is 1. The number of carboxylic acid groups (broad SMARTS) is 2. The summed E-state index contributed by atoms with van der Waals surface area (Å²) < 4.78 is 106. The van der Waals surface area contributed by atoms with Gasteiger partial charge in [0.05, 0.1) is 21.8 Å². The number of halogens is 11. The molecule has 4 rings (SSSR count). The quantitative estimate of drug-likeness (QED) is 0.250. The van der Waals surface area contributed by atoms with Gasteiger partial charge >= 0.3 is 18.5 Å². The van der Waals surface area contributed by atoms with Crippen LogP contribution in [0.5, 0.6) is 0 Å². The topological polar surface area (TPSA) is 143 Å². The lowest BCUT2D eigenvalue weighted by Crippen LogP contribution is -2.41. The highest BCUT2D eigenvalue weighted by Crippen LogP contribution is 2.31. The Balaban J connectivity index is 0.000000421. The van der Waals surface area contributed by atoms with E-state index in [1.165, 1.54) is 18.3 Å². The number of nitrogens with one attached hydrogen (secondary N) is 3. The van der Waals surface area contributed by atoms with Crippen molar-refractivity contribution < 1.29 is 73.5 Å². The van der Waals surface area contributed by atoms with Gasteiger partial charge in [-0.2, -0.15) is 43.9 Å². The number of aromatic amines is 2. The van der Waals surface area contributed by atoms with Crippen LogP contribution in [0.2, 0.25) is 10.0 Å². The van der Waals surface area contributed by atoms with E-state index in [2.05, 4.69) is 15.3 Å². The number of carboxylic acids is 2. The molecule has 0 aliphatic rings. The summed E-state index contributed by atoms with van der Waals surface area (Å²) in [6.45, 7) is 0. The maximum Gasteiger partial charge on any atom is 0.430 e. The van der Waals surface area contributed by atoms with Gasteiger partial charge in [0.1, 0.15) is 11.9 Å². The molecule has 0 saturated carbocycles. The molecule has 20 heteroatoms. The third kappa shape index (κ3) is 10.2. The highest BCUT2D eigenvalue weighted by atomic mass is 35.5. The molecule has 242 valence electrons. The second kappa shape index (κ2) is 14.5. The Labute approximate surface area is 254 Å². The first-order valence-electron chi connectivity index (χ1n) is 11.5. The predicted octanol–water partition coefficient (Wildman–Crippen LogP) is 3.17. The molecule has 3 aromatic heterocycles. The number of carbonyl (C=O) groups is 3. The van der Waals surface area contributed by atoms with Crippen molar-refractivity contribution in [3.8, 4) is 11.4 Å². The number of pyridine rings is 2. The number of H-pyrrole nitrogens is 2. The Morgan fingerprint density at radius 1 is 0.822 bits per heavy atom. The monoisotopic (exact) mass is 692 g/mol. The van der Waals surface area contributed by atoms with Crippen molar-refractivity contribution in [3.63, 3.8) is 0 Å². The van der Waals surface area contributed by atoms with E-state index in [1.807, 2.05) is 0 Å². The molecular weight excluding hydrogens is 678 g/mol. The van der Waals surface area contributed by atoms with E-state index in [0.717, 1.165) is 0 Å². The SMILES string of the molecule is O=C(NC(c1cccc[nH+]1)C(F)(F)F)c1[nH]c(-c2ccc(Cl)c(Cl)c2)[n+]2ccccc12.O=C([O-])C(F)(F)F.O=C([O-])C(F)(F)F. The van der Waals surface area contributed by atoms with Gasteiger partial charge in [0.15, 0.2) is 11.7 Å². The molecule has 1 amide bonds. The van der Waals surface area contributed by atoms with E-state index in [4.69, 9.17) is 43.0 Å². The van der Waals surface area contributed by atoms with Crippen LogP contribution in [0, 0.1) is 0 Å². The van der Waals surface area contributed by atoms with Crippen molar-refractivity contribution in [2.24, 2.45) is 0 Å². The number of hydrogen-bond acceptors (Lipinski definition) is 5. The number of alkyl halides is 9.